The second-order valence-electron chi connectivity index (χ2n) is 19.2. The van der Waals surface area contributed by atoms with Crippen LogP contribution in [0.25, 0.3) is 0 Å². The van der Waals surface area contributed by atoms with Crippen LogP contribution in [0.1, 0.15) is 265 Å². The van der Waals surface area contributed by atoms with E-state index < -0.39 is 6.10 Å². The fourth-order valence-corrected chi connectivity index (χ4v) is 7.86. The van der Waals surface area contributed by atoms with Crippen molar-refractivity contribution in [2.24, 2.45) is 0 Å². The molecule has 0 saturated carbocycles. The highest BCUT2D eigenvalue weighted by atomic mass is 16.6. The van der Waals surface area contributed by atoms with Gasteiger partial charge in [-0.15, -0.1) is 0 Å². The quantitative estimate of drug-likeness (QED) is 0.0261. The molecule has 1 atom stereocenters. The Morgan fingerprint density at radius 2 is 0.549 bits per heavy atom. The third-order valence-corrected chi connectivity index (χ3v) is 12.3. The van der Waals surface area contributed by atoms with Gasteiger partial charge >= 0.3 is 17.9 Å². The van der Waals surface area contributed by atoms with Gasteiger partial charge in [-0.25, -0.2) is 0 Å². The molecule has 0 aromatic rings. The van der Waals surface area contributed by atoms with Gasteiger partial charge in [0.1, 0.15) is 13.2 Å². The highest BCUT2D eigenvalue weighted by Gasteiger charge is 2.19. The molecule has 1 unspecified atom stereocenters. The molecule has 0 aliphatic heterocycles. The van der Waals surface area contributed by atoms with E-state index in [1.54, 1.807) is 0 Å². The van der Waals surface area contributed by atoms with Crippen molar-refractivity contribution in [2.45, 2.75) is 271 Å². The van der Waals surface area contributed by atoms with Crippen LogP contribution in [0.15, 0.2) is 109 Å². The predicted molar refractivity (Wildman–Crippen MR) is 307 cm³/mol. The second-order valence-corrected chi connectivity index (χ2v) is 19.2. The lowest BCUT2D eigenvalue weighted by Crippen LogP contribution is -2.30. The summed E-state index contributed by atoms with van der Waals surface area (Å²) < 4.78 is 16.8. The average molecular weight is 986 g/mol. The summed E-state index contributed by atoms with van der Waals surface area (Å²) in [5, 5.41) is 0. The number of unbranched alkanes of at least 4 members (excludes halogenated alkanes) is 23. The molecule has 0 bridgehead atoms. The summed E-state index contributed by atoms with van der Waals surface area (Å²) in [5.41, 5.74) is 0. The minimum absolute atomic E-state index is 0.0903. The third kappa shape index (κ3) is 56.9. The first-order valence-electron chi connectivity index (χ1n) is 29.4. The van der Waals surface area contributed by atoms with E-state index in [9.17, 15) is 14.4 Å². The van der Waals surface area contributed by atoms with Gasteiger partial charge in [0.15, 0.2) is 6.10 Å². The Kier molecular flexibility index (Phi) is 55.4. The van der Waals surface area contributed by atoms with E-state index in [0.717, 1.165) is 116 Å². The van der Waals surface area contributed by atoms with Gasteiger partial charge in [0, 0.05) is 19.3 Å². The van der Waals surface area contributed by atoms with Crippen LogP contribution in [-0.2, 0) is 28.6 Å². The molecule has 0 amide bonds. The minimum Gasteiger partial charge on any atom is -0.462 e. The summed E-state index contributed by atoms with van der Waals surface area (Å²) in [4.78, 5) is 38.1. The topological polar surface area (TPSA) is 78.9 Å². The molecule has 0 aliphatic carbocycles. The second kappa shape index (κ2) is 58.6. The van der Waals surface area contributed by atoms with E-state index in [-0.39, 0.29) is 31.1 Å². The van der Waals surface area contributed by atoms with Crippen LogP contribution in [0.4, 0.5) is 0 Å². The lowest BCUT2D eigenvalue weighted by atomic mass is 10.1. The molecule has 0 aromatic heterocycles. The maximum Gasteiger partial charge on any atom is 0.306 e. The highest BCUT2D eigenvalue weighted by Crippen LogP contribution is 2.15. The summed E-state index contributed by atoms with van der Waals surface area (Å²) in [6.45, 7) is 6.45. The maximum absolute atomic E-state index is 12.8. The van der Waals surface area contributed by atoms with Crippen LogP contribution in [0.5, 0.6) is 0 Å². The van der Waals surface area contributed by atoms with E-state index in [0.29, 0.717) is 19.3 Å². The molecule has 0 fully saturated rings. The number of hydrogen-bond acceptors (Lipinski definition) is 6. The first kappa shape index (κ1) is 67.1. The van der Waals surface area contributed by atoms with Crippen molar-refractivity contribution in [1.29, 1.82) is 0 Å². The van der Waals surface area contributed by atoms with Crippen molar-refractivity contribution in [2.75, 3.05) is 13.2 Å². The summed E-state index contributed by atoms with van der Waals surface area (Å²) >= 11 is 0. The van der Waals surface area contributed by atoms with Crippen LogP contribution in [0.3, 0.4) is 0 Å². The number of ether oxygens (including phenoxy) is 3. The molecule has 6 heteroatoms. The van der Waals surface area contributed by atoms with Crippen molar-refractivity contribution in [3.8, 4) is 0 Å². The molecule has 0 N–H and O–H groups in total. The lowest BCUT2D eigenvalue weighted by molar-refractivity contribution is -0.167. The number of carbonyl (C=O) groups excluding carboxylic acids is 3. The summed E-state index contributed by atoms with van der Waals surface area (Å²) in [6.07, 6.45) is 79.4. The zero-order chi connectivity index (χ0) is 51.4. The third-order valence-electron chi connectivity index (χ3n) is 12.3. The van der Waals surface area contributed by atoms with Crippen LogP contribution < -0.4 is 0 Å². The SMILES string of the molecule is CC/C=C\C/C=C\C/C=C\C/C=C\C/C=C\C/C=C\C/C=C\CCCCCC(=O)OCC(COC(=O)CCCCCCCCCCC)OC(=O)CCCCCCCCCCC/C=C\C/C=C\CCCCC. The van der Waals surface area contributed by atoms with Crippen molar-refractivity contribution < 1.29 is 28.6 Å². The Morgan fingerprint density at radius 3 is 0.901 bits per heavy atom. The Morgan fingerprint density at radius 1 is 0.296 bits per heavy atom. The fourth-order valence-electron chi connectivity index (χ4n) is 7.86. The van der Waals surface area contributed by atoms with Crippen molar-refractivity contribution in [3.05, 3.63) is 109 Å². The molecule has 0 aliphatic rings. The van der Waals surface area contributed by atoms with Crippen molar-refractivity contribution in [1.82, 2.24) is 0 Å². The van der Waals surface area contributed by atoms with Gasteiger partial charge in [-0.3, -0.25) is 14.4 Å². The largest absolute Gasteiger partial charge is 0.462 e. The standard InChI is InChI=1S/C65H108O6/c1-4-7-10-13-16-19-21-23-25-27-29-30-31-32-33-34-36-37-39-41-43-46-49-52-55-58-64(67)70-61-62(60-69-63(66)57-54-51-48-45-18-15-12-9-6-3)71-65(68)59-56-53-50-47-44-42-40-38-35-28-26-24-22-20-17-14-11-8-5-2/h7,10,16-17,19-20,23-26,29-30,32-33,36-37,41,43,62H,4-6,8-9,11-15,18,21-22,27-28,31,34-35,38-40,42,44-61H2,1-3H3/b10-7-,19-16-,20-17-,25-23-,26-24-,30-29-,33-32-,37-36-,43-41-. The average Bonchev–Trinajstić information content (AvgIpc) is 3.37. The van der Waals surface area contributed by atoms with E-state index in [1.807, 2.05) is 0 Å². The predicted octanol–water partition coefficient (Wildman–Crippen LogP) is 19.9. The summed E-state index contributed by atoms with van der Waals surface area (Å²) in [5.74, 6) is -0.930. The zero-order valence-corrected chi connectivity index (χ0v) is 46.2. The summed E-state index contributed by atoms with van der Waals surface area (Å²) in [6, 6.07) is 0. The number of esters is 3. The zero-order valence-electron chi connectivity index (χ0n) is 46.2. The van der Waals surface area contributed by atoms with Gasteiger partial charge in [-0.2, -0.15) is 0 Å². The first-order valence-corrected chi connectivity index (χ1v) is 29.4. The Hall–Kier alpha value is -3.93. The number of rotatable bonds is 52. The van der Waals surface area contributed by atoms with Crippen molar-refractivity contribution >= 4 is 17.9 Å². The molecular formula is C65H108O6. The van der Waals surface area contributed by atoms with Crippen LogP contribution in [-0.4, -0.2) is 37.2 Å². The van der Waals surface area contributed by atoms with Gasteiger partial charge in [0.25, 0.3) is 0 Å². The van der Waals surface area contributed by atoms with Crippen LogP contribution >= 0.6 is 0 Å². The Bertz CT molecular complexity index is 1460. The monoisotopic (exact) mass is 985 g/mol. The molecular weight excluding hydrogens is 877 g/mol. The molecule has 404 valence electrons. The van der Waals surface area contributed by atoms with Gasteiger partial charge in [0.2, 0.25) is 0 Å². The smallest absolute Gasteiger partial charge is 0.306 e. The lowest BCUT2D eigenvalue weighted by Gasteiger charge is -2.18. The van der Waals surface area contributed by atoms with E-state index in [4.69, 9.17) is 14.2 Å². The molecule has 0 saturated heterocycles. The molecule has 0 heterocycles. The van der Waals surface area contributed by atoms with Gasteiger partial charge in [-0.05, 0) is 109 Å². The van der Waals surface area contributed by atoms with Gasteiger partial charge in [0.05, 0.1) is 0 Å². The van der Waals surface area contributed by atoms with E-state index >= 15 is 0 Å². The van der Waals surface area contributed by atoms with Crippen LogP contribution in [0, 0.1) is 0 Å². The minimum atomic E-state index is -0.794. The first-order chi connectivity index (χ1) is 35.0. The number of carbonyl (C=O) groups is 3. The molecule has 0 aromatic carbocycles. The van der Waals surface area contributed by atoms with E-state index in [2.05, 4.69) is 130 Å². The highest BCUT2D eigenvalue weighted by molar-refractivity contribution is 5.71. The van der Waals surface area contributed by atoms with E-state index in [1.165, 1.54) is 109 Å². The molecule has 0 spiro atoms. The molecule has 0 rings (SSSR count). The number of allylic oxidation sites excluding steroid dienone is 18. The Balaban J connectivity index is 4.35. The fraction of sp³-hybridized carbons (Fsp3) is 0.677. The Labute approximate surface area is 438 Å². The van der Waals surface area contributed by atoms with Gasteiger partial charge < -0.3 is 14.2 Å². The maximum atomic E-state index is 12.8. The van der Waals surface area contributed by atoms with Crippen LogP contribution in [0.2, 0.25) is 0 Å². The summed E-state index contributed by atoms with van der Waals surface area (Å²) in [7, 11) is 0. The van der Waals surface area contributed by atoms with Gasteiger partial charge in [-0.1, -0.05) is 246 Å². The number of hydrogen-bond donors (Lipinski definition) is 0. The molecule has 71 heavy (non-hydrogen) atoms. The molecule has 6 nitrogen and oxygen atoms in total. The normalized spacial score (nSPS) is 12.9. The van der Waals surface area contributed by atoms with Crippen molar-refractivity contribution in [3.63, 3.8) is 0 Å². The molecule has 0 radical (unpaired) electrons.